The number of fused-ring (bicyclic) bond motifs is 3. The SMILES string of the molecule is CCC(C)c1cc2c(=O)cc(C(=O)O)[nH]c2c2c(=O)cc(C(=O)O)[nH]c12. The minimum atomic E-state index is -1.33. The van der Waals surface area contributed by atoms with Crippen LogP contribution >= 0.6 is 0 Å². The van der Waals surface area contributed by atoms with Crippen molar-refractivity contribution in [2.75, 3.05) is 0 Å². The van der Waals surface area contributed by atoms with Gasteiger partial charge in [-0.25, -0.2) is 9.59 Å². The quantitative estimate of drug-likeness (QED) is 0.529. The maximum absolute atomic E-state index is 12.6. The molecule has 2 aromatic heterocycles. The highest BCUT2D eigenvalue weighted by atomic mass is 16.4. The number of pyridine rings is 2. The minimum Gasteiger partial charge on any atom is -0.477 e. The molecule has 3 rings (SSSR count). The Balaban J connectivity index is 2.62. The van der Waals surface area contributed by atoms with Crippen LogP contribution in [0.3, 0.4) is 0 Å². The third kappa shape index (κ3) is 2.65. The summed E-state index contributed by atoms with van der Waals surface area (Å²) >= 11 is 0. The van der Waals surface area contributed by atoms with E-state index in [4.69, 9.17) is 0 Å². The first-order valence-electron chi connectivity index (χ1n) is 7.98. The van der Waals surface area contributed by atoms with Gasteiger partial charge in [0.05, 0.1) is 16.4 Å². The number of carboxylic acid groups (broad SMARTS) is 2. The standard InChI is InChI=1S/C18H16N2O6/c1-3-7(2)8-4-9-12(21)5-10(17(23)24)20-16(9)14-13(22)6-11(18(25)26)19-15(8)14/h4-7H,3H2,1-2H3,(H,19,22)(H,20,21)(H,23,24)(H,25,26). The molecule has 1 unspecified atom stereocenters. The lowest BCUT2D eigenvalue weighted by atomic mass is 9.93. The average molecular weight is 356 g/mol. The number of hydrogen-bond acceptors (Lipinski definition) is 4. The van der Waals surface area contributed by atoms with Crippen molar-refractivity contribution in [3.05, 3.63) is 55.6 Å². The van der Waals surface area contributed by atoms with Gasteiger partial charge in [0.25, 0.3) is 0 Å². The topological polar surface area (TPSA) is 140 Å². The van der Waals surface area contributed by atoms with E-state index in [1.807, 2.05) is 13.8 Å². The highest BCUT2D eigenvalue weighted by Gasteiger charge is 2.19. The maximum Gasteiger partial charge on any atom is 0.352 e. The van der Waals surface area contributed by atoms with Gasteiger partial charge < -0.3 is 20.2 Å². The molecule has 8 nitrogen and oxygen atoms in total. The second-order valence-electron chi connectivity index (χ2n) is 6.15. The summed E-state index contributed by atoms with van der Waals surface area (Å²) in [5.74, 6) is -2.67. The van der Waals surface area contributed by atoms with E-state index in [1.54, 1.807) is 6.07 Å². The fraction of sp³-hybridized carbons (Fsp3) is 0.222. The lowest BCUT2D eigenvalue weighted by Crippen LogP contribution is -2.16. The molecule has 0 amide bonds. The van der Waals surface area contributed by atoms with Crippen LogP contribution in [0.15, 0.2) is 27.8 Å². The summed E-state index contributed by atoms with van der Waals surface area (Å²) < 4.78 is 0. The molecule has 0 aliphatic carbocycles. The van der Waals surface area contributed by atoms with Gasteiger partial charge in [0.15, 0.2) is 10.9 Å². The molecule has 1 atom stereocenters. The summed E-state index contributed by atoms with van der Waals surface area (Å²) in [5.41, 5.74) is -0.757. The predicted molar refractivity (Wildman–Crippen MR) is 95.3 cm³/mol. The number of aromatic amines is 2. The zero-order valence-electron chi connectivity index (χ0n) is 14.0. The Kier molecular flexibility index (Phi) is 4.11. The number of benzene rings is 1. The van der Waals surface area contributed by atoms with Crippen molar-refractivity contribution in [2.45, 2.75) is 26.2 Å². The molecule has 0 saturated heterocycles. The lowest BCUT2D eigenvalue weighted by Gasteiger charge is -2.15. The molecule has 0 spiro atoms. The summed E-state index contributed by atoms with van der Waals surface area (Å²) in [6.45, 7) is 3.82. The van der Waals surface area contributed by atoms with Crippen LogP contribution in [0.5, 0.6) is 0 Å². The number of carboxylic acids is 2. The highest BCUT2D eigenvalue weighted by Crippen LogP contribution is 2.29. The van der Waals surface area contributed by atoms with E-state index in [0.29, 0.717) is 12.0 Å². The molecule has 0 aliphatic rings. The Morgan fingerprint density at radius 1 is 0.962 bits per heavy atom. The van der Waals surface area contributed by atoms with Gasteiger partial charge in [-0.15, -0.1) is 0 Å². The van der Waals surface area contributed by atoms with E-state index >= 15 is 0 Å². The molecule has 8 heteroatoms. The van der Waals surface area contributed by atoms with E-state index in [-0.39, 0.29) is 39.1 Å². The molecular formula is C18H16N2O6. The van der Waals surface area contributed by atoms with Crippen molar-refractivity contribution < 1.29 is 19.8 Å². The van der Waals surface area contributed by atoms with Crippen LogP contribution in [-0.2, 0) is 0 Å². The lowest BCUT2D eigenvalue weighted by molar-refractivity contribution is 0.0680. The van der Waals surface area contributed by atoms with Crippen LogP contribution in [0.1, 0.15) is 52.7 Å². The van der Waals surface area contributed by atoms with Crippen LogP contribution in [0, 0.1) is 0 Å². The van der Waals surface area contributed by atoms with E-state index in [0.717, 1.165) is 12.1 Å². The minimum absolute atomic E-state index is 0.0554. The zero-order chi connectivity index (χ0) is 19.2. The van der Waals surface area contributed by atoms with Crippen molar-refractivity contribution >= 4 is 33.7 Å². The van der Waals surface area contributed by atoms with Gasteiger partial charge in [-0.1, -0.05) is 13.8 Å². The number of aromatic nitrogens is 2. The average Bonchev–Trinajstić information content (AvgIpc) is 2.59. The number of nitrogens with one attached hydrogen (secondary N) is 2. The van der Waals surface area contributed by atoms with E-state index < -0.39 is 22.8 Å². The van der Waals surface area contributed by atoms with Crippen molar-refractivity contribution in [2.24, 2.45) is 0 Å². The van der Waals surface area contributed by atoms with Crippen molar-refractivity contribution in [1.29, 1.82) is 0 Å². The Morgan fingerprint density at radius 3 is 2.04 bits per heavy atom. The summed E-state index contributed by atoms with van der Waals surface area (Å²) in [6.07, 6.45) is 0.699. The number of carbonyl (C=O) groups is 2. The smallest absolute Gasteiger partial charge is 0.352 e. The molecule has 0 bridgehead atoms. The molecular weight excluding hydrogens is 340 g/mol. The second-order valence-corrected chi connectivity index (χ2v) is 6.15. The van der Waals surface area contributed by atoms with Gasteiger partial charge in [0.2, 0.25) is 0 Å². The molecule has 4 N–H and O–H groups in total. The zero-order valence-corrected chi connectivity index (χ0v) is 14.0. The third-order valence-electron chi connectivity index (χ3n) is 4.54. The van der Waals surface area contributed by atoms with Crippen LogP contribution < -0.4 is 10.9 Å². The normalized spacial score (nSPS) is 12.4. The molecule has 26 heavy (non-hydrogen) atoms. The molecule has 3 aromatic rings. The summed E-state index contributed by atoms with van der Waals surface area (Å²) in [6, 6.07) is 3.48. The maximum atomic E-state index is 12.6. The third-order valence-corrected chi connectivity index (χ3v) is 4.54. The molecule has 0 aliphatic heterocycles. The van der Waals surface area contributed by atoms with Gasteiger partial charge >= 0.3 is 11.9 Å². The Labute approximate surface area is 146 Å². The van der Waals surface area contributed by atoms with Crippen LogP contribution in [0.25, 0.3) is 21.8 Å². The second kappa shape index (κ2) is 6.14. The highest BCUT2D eigenvalue weighted by molar-refractivity contribution is 6.07. The van der Waals surface area contributed by atoms with E-state index in [9.17, 15) is 29.4 Å². The van der Waals surface area contributed by atoms with Crippen LogP contribution in [-0.4, -0.2) is 32.1 Å². The first-order chi connectivity index (χ1) is 12.2. The number of rotatable bonds is 4. The first kappa shape index (κ1) is 17.4. The molecule has 0 saturated carbocycles. The van der Waals surface area contributed by atoms with Gasteiger partial charge in [0, 0.05) is 17.5 Å². The van der Waals surface area contributed by atoms with Crippen LogP contribution in [0.4, 0.5) is 0 Å². The summed E-state index contributed by atoms with van der Waals surface area (Å²) in [7, 11) is 0. The van der Waals surface area contributed by atoms with Crippen molar-refractivity contribution in [1.82, 2.24) is 9.97 Å². The van der Waals surface area contributed by atoms with Gasteiger partial charge in [-0.3, -0.25) is 9.59 Å². The molecule has 0 radical (unpaired) electrons. The predicted octanol–water partition coefficient (Wildman–Crippen LogP) is 2.28. The van der Waals surface area contributed by atoms with E-state index in [2.05, 4.69) is 9.97 Å². The van der Waals surface area contributed by atoms with Gasteiger partial charge in [-0.2, -0.15) is 0 Å². The van der Waals surface area contributed by atoms with Gasteiger partial charge in [0.1, 0.15) is 11.4 Å². The fourth-order valence-electron chi connectivity index (χ4n) is 3.00. The molecule has 0 fully saturated rings. The Morgan fingerprint density at radius 2 is 1.50 bits per heavy atom. The molecule has 134 valence electrons. The summed E-state index contributed by atoms with van der Waals surface area (Å²) in [4.78, 5) is 52.9. The Bertz CT molecular complexity index is 1190. The van der Waals surface area contributed by atoms with Crippen molar-refractivity contribution in [3.8, 4) is 0 Å². The number of hydrogen-bond donors (Lipinski definition) is 4. The summed E-state index contributed by atoms with van der Waals surface area (Å²) in [5, 5.41) is 18.7. The molecule has 2 heterocycles. The molecule has 1 aromatic carbocycles. The van der Waals surface area contributed by atoms with Crippen LogP contribution in [0.2, 0.25) is 0 Å². The first-order valence-corrected chi connectivity index (χ1v) is 7.98. The fourth-order valence-corrected chi connectivity index (χ4v) is 3.00. The number of H-pyrrole nitrogens is 2. The monoisotopic (exact) mass is 356 g/mol. The van der Waals surface area contributed by atoms with E-state index in [1.165, 1.54) is 0 Å². The largest absolute Gasteiger partial charge is 0.477 e. The number of aromatic carboxylic acids is 2. The van der Waals surface area contributed by atoms with Crippen molar-refractivity contribution in [3.63, 3.8) is 0 Å². The Hall–Kier alpha value is -3.42. The van der Waals surface area contributed by atoms with Gasteiger partial charge in [-0.05, 0) is 24.0 Å².